The number of para-hydroxylation sites is 1. The summed E-state index contributed by atoms with van der Waals surface area (Å²) in [4.78, 5) is 15.6. The molecule has 1 atom stereocenters. The van der Waals surface area contributed by atoms with Gasteiger partial charge < -0.3 is 10.0 Å². The van der Waals surface area contributed by atoms with E-state index in [4.69, 9.17) is 5.26 Å². The number of nitriles is 1. The average molecular weight is 335 g/mol. The molecule has 25 heavy (non-hydrogen) atoms. The smallest absolute Gasteiger partial charge is 0.411 e. The van der Waals surface area contributed by atoms with Crippen molar-refractivity contribution in [1.29, 1.82) is 5.26 Å². The van der Waals surface area contributed by atoms with Gasteiger partial charge in [-0.25, -0.2) is 4.79 Å². The first-order valence-corrected chi connectivity index (χ1v) is 8.37. The predicted octanol–water partition coefficient (Wildman–Crippen LogP) is 3.66. The summed E-state index contributed by atoms with van der Waals surface area (Å²) in [6.45, 7) is 2.40. The summed E-state index contributed by atoms with van der Waals surface area (Å²) in [5, 5.41) is 18.9. The summed E-state index contributed by atoms with van der Waals surface area (Å²) < 4.78 is 0. The Hall–Kier alpha value is -2.84. The number of amides is 1. The molecule has 0 aliphatic carbocycles. The topological polar surface area (TPSA) is 67.6 Å². The largest absolute Gasteiger partial charge is 0.465 e. The number of benzene rings is 2. The van der Waals surface area contributed by atoms with Crippen LogP contribution in [0.4, 0.5) is 10.5 Å². The number of rotatable bonds is 4. The van der Waals surface area contributed by atoms with Gasteiger partial charge in [-0.15, -0.1) is 0 Å². The molecule has 5 nitrogen and oxygen atoms in total. The third-order valence-corrected chi connectivity index (χ3v) is 4.66. The first-order chi connectivity index (χ1) is 12.1. The van der Waals surface area contributed by atoms with Crippen molar-refractivity contribution >= 4 is 11.8 Å². The van der Waals surface area contributed by atoms with Crippen molar-refractivity contribution in [3.63, 3.8) is 0 Å². The number of anilines is 1. The maximum atomic E-state index is 11.9. The Balaban J connectivity index is 1.97. The van der Waals surface area contributed by atoms with Gasteiger partial charge in [0.25, 0.3) is 0 Å². The van der Waals surface area contributed by atoms with Crippen LogP contribution in [0.3, 0.4) is 0 Å². The molecule has 1 amide bonds. The summed E-state index contributed by atoms with van der Waals surface area (Å²) in [5.74, 6) is 0.333. The number of nitrogens with zero attached hydrogens (tertiary/aromatic N) is 3. The molecular formula is C20H21N3O2. The minimum Gasteiger partial charge on any atom is -0.465 e. The lowest BCUT2D eigenvalue weighted by molar-refractivity contribution is 0.200. The van der Waals surface area contributed by atoms with Crippen LogP contribution in [-0.4, -0.2) is 42.8 Å². The molecule has 1 saturated heterocycles. The van der Waals surface area contributed by atoms with E-state index in [-0.39, 0.29) is 0 Å². The molecule has 1 fully saturated rings. The molecular weight excluding hydrogens is 314 g/mol. The first-order valence-electron chi connectivity index (χ1n) is 8.37. The standard InChI is InChI=1S/C20H21N3O2/c1-22-10-9-16(13-22)14-23(20(24)25)19-8-3-2-7-18(19)17-6-4-5-15(11-17)12-21/h2-8,11,16H,9-10,13-14H2,1H3,(H,24,25)/t16-/m1/s1. The van der Waals surface area contributed by atoms with Crippen molar-refractivity contribution in [2.45, 2.75) is 6.42 Å². The molecule has 1 aliphatic heterocycles. The van der Waals surface area contributed by atoms with Crippen molar-refractivity contribution in [3.8, 4) is 17.2 Å². The van der Waals surface area contributed by atoms with Crippen molar-refractivity contribution in [1.82, 2.24) is 4.90 Å². The Labute approximate surface area is 147 Å². The monoisotopic (exact) mass is 335 g/mol. The van der Waals surface area contributed by atoms with Crippen LogP contribution < -0.4 is 4.90 Å². The van der Waals surface area contributed by atoms with Gasteiger partial charge in [-0.1, -0.05) is 30.3 Å². The number of hydrogen-bond donors (Lipinski definition) is 1. The number of likely N-dealkylation sites (tertiary alicyclic amines) is 1. The minimum absolute atomic E-state index is 0.333. The summed E-state index contributed by atoms with van der Waals surface area (Å²) in [6.07, 6.45) is 0.0604. The molecule has 0 unspecified atom stereocenters. The highest BCUT2D eigenvalue weighted by Gasteiger charge is 2.26. The van der Waals surface area contributed by atoms with Gasteiger partial charge >= 0.3 is 6.09 Å². The van der Waals surface area contributed by atoms with Crippen LogP contribution in [0.1, 0.15) is 12.0 Å². The second-order valence-corrected chi connectivity index (χ2v) is 6.52. The van der Waals surface area contributed by atoms with Gasteiger partial charge in [-0.05, 0) is 49.7 Å². The highest BCUT2D eigenvalue weighted by Crippen LogP contribution is 2.32. The molecule has 3 rings (SSSR count). The van der Waals surface area contributed by atoms with Crippen molar-refractivity contribution in [2.24, 2.45) is 5.92 Å². The Kier molecular flexibility index (Phi) is 5.01. The molecule has 0 spiro atoms. The zero-order chi connectivity index (χ0) is 17.8. The molecule has 5 heteroatoms. The quantitative estimate of drug-likeness (QED) is 0.926. The molecule has 0 bridgehead atoms. The number of hydrogen-bond acceptors (Lipinski definition) is 3. The molecule has 1 heterocycles. The lowest BCUT2D eigenvalue weighted by Crippen LogP contribution is -2.35. The fraction of sp³-hybridized carbons (Fsp3) is 0.300. The van der Waals surface area contributed by atoms with E-state index in [0.717, 1.165) is 30.6 Å². The Morgan fingerprint density at radius 3 is 2.80 bits per heavy atom. The maximum Gasteiger partial charge on any atom is 0.411 e. The summed E-state index contributed by atoms with van der Waals surface area (Å²) in [5.41, 5.74) is 2.91. The Morgan fingerprint density at radius 1 is 1.32 bits per heavy atom. The second-order valence-electron chi connectivity index (χ2n) is 6.52. The number of carbonyl (C=O) groups is 1. The number of carboxylic acid groups (broad SMARTS) is 1. The van der Waals surface area contributed by atoms with Gasteiger partial charge in [-0.3, -0.25) is 4.90 Å². The lowest BCUT2D eigenvalue weighted by Gasteiger charge is -2.25. The second kappa shape index (κ2) is 7.37. The third-order valence-electron chi connectivity index (χ3n) is 4.66. The summed E-state index contributed by atoms with van der Waals surface area (Å²) in [7, 11) is 2.06. The van der Waals surface area contributed by atoms with E-state index < -0.39 is 6.09 Å². The van der Waals surface area contributed by atoms with E-state index in [0.29, 0.717) is 23.7 Å². The normalized spacial score (nSPS) is 17.2. The van der Waals surface area contributed by atoms with Gasteiger partial charge in [0.15, 0.2) is 0 Å². The fourth-order valence-electron chi connectivity index (χ4n) is 3.42. The van der Waals surface area contributed by atoms with E-state index >= 15 is 0 Å². The Bertz CT molecular complexity index is 813. The third kappa shape index (κ3) is 3.81. The van der Waals surface area contributed by atoms with Crippen LogP contribution in [0.25, 0.3) is 11.1 Å². The zero-order valence-corrected chi connectivity index (χ0v) is 14.2. The highest BCUT2D eigenvalue weighted by atomic mass is 16.4. The molecule has 0 saturated carbocycles. The lowest BCUT2D eigenvalue weighted by atomic mass is 10.00. The minimum atomic E-state index is -0.946. The molecule has 2 aromatic rings. The molecule has 2 aromatic carbocycles. The van der Waals surface area contributed by atoms with Crippen molar-refractivity contribution in [3.05, 3.63) is 54.1 Å². The van der Waals surface area contributed by atoms with E-state index in [1.807, 2.05) is 36.4 Å². The molecule has 128 valence electrons. The fourth-order valence-corrected chi connectivity index (χ4v) is 3.42. The predicted molar refractivity (Wildman–Crippen MR) is 97.6 cm³/mol. The van der Waals surface area contributed by atoms with Gasteiger partial charge in [0, 0.05) is 18.7 Å². The van der Waals surface area contributed by atoms with E-state index in [1.165, 1.54) is 4.90 Å². The van der Waals surface area contributed by atoms with Crippen LogP contribution >= 0.6 is 0 Å². The molecule has 0 aromatic heterocycles. The van der Waals surface area contributed by atoms with Gasteiger partial charge in [0.2, 0.25) is 0 Å². The van der Waals surface area contributed by atoms with Gasteiger partial charge in [0.1, 0.15) is 0 Å². The SMILES string of the molecule is CN1CC[C@@H](CN(C(=O)O)c2ccccc2-c2cccc(C#N)c2)C1. The van der Waals surface area contributed by atoms with Crippen LogP contribution in [0.5, 0.6) is 0 Å². The molecule has 1 N–H and O–H groups in total. The van der Waals surface area contributed by atoms with Crippen molar-refractivity contribution in [2.75, 3.05) is 31.6 Å². The zero-order valence-electron chi connectivity index (χ0n) is 14.2. The highest BCUT2D eigenvalue weighted by molar-refractivity contribution is 5.93. The van der Waals surface area contributed by atoms with Crippen LogP contribution in [0.2, 0.25) is 0 Å². The first kappa shape index (κ1) is 17.0. The van der Waals surface area contributed by atoms with Crippen LogP contribution in [-0.2, 0) is 0 Å². The van der Waals surface area contributed by atoms with E-state index in [1.54, 1.807) is 12.1 Å². The maximum absolute atomic E-state index is 11.9. The van der Waals surface area contributed by atoms with Crippen LogP contribution in [0, 0.1) is 17.2 Å². The van der Waals surface area contributed by atoms with E-state index in [2.05, 4.69) is 18.0 Å². The van der Waals surface area contributed by atoms with E-state index in [9.17, 15) is 9.90 Å². The summed E-state index contributed by atoms with van der Waals surface area (Å²) >= 11 is 0. The molecule has 1 aliphatic rings. The molecule has 0 radical (unpaired) electrons. The average Bonchev–Trinajstić information content (AvgIpc) is 3.04. The van der Waals surface area contributed by atoms with Gasteiger partial charge in [-0.2, -0.15) is 5.26 Å². The van der Waals surface area contributed by atoms with Crippen molar-refractivity contribution < 1.29 is 9.90 Å². The Morgan fingerprint density at radius 2 is 2.12 bits per heavy atom. The van der Waals surface area contributed by atoms with Crippen LogP contribution in [0.15, 0.2) is 48.5 Å². The summed E-state index contributed by atoms with van der Waals surface area (Å²) in [6, 6.07) is 16.9. The van der Waals surface area contributed by atoms with Gasteiger partial charge in [0.05, 0.1) is 17.3 Å².